The molecular weight excluding hydrogens is 198 g/mol. The number of amides is 1. The van der Waals surface area contributed by atoms with Gasteiger partial charge in [-0.05, 0) is 26.7 Å². The monoisotopic (exact) mass is 217 g/mol. The van der Waals surface area contributed by atoms with Gasteiger partial charge in [-0.2, -0.15) is 0 Å². The topological polar surface area (TPSA) is 20.3 Å². The summed E-state index contributed by atoms with van der Waals surface area (Å²) in [5.74, 6) is 0.211. The van der Waals surface area contributed by atoms with Crippen LogP contribution in [-0.4, -0.2) is 28.8 Å². The van der Waals surface area contributed by atoms with Crippen LogP contribution in [0.15, 0.2) is 0 Å². The lowest BCUT2D eigenvalue weighted by Gasteiger charge is -2.37. The van der Waals surface area contributed by atoms with Crippen molar-refractivity contribution < 1.29 is 4.79 Å². The Balaban J connectivity index is 2.60. The molecule has 0 bridgehead atoms. The van der Waals surface area contributed by atoms with Gasteiger partial charge in [0.2, 0.25) is 5.91 Å². The summed E-state index contributed by atoms with van der Waals surface area (Å²) >= 11 is 5.62. The molecule has 0 unspecified atom stereocenters. The Morgan fingerprint density at radius 3 is 2.36 bits per heavy atom. The van der Waals surface area contributed by atoms with E-state index in [1.165, 1.54) is 19.3 Å². The summed E-state index contributed by atoms with van der Waals surface area (Å²) in [7, 11) is 0. The first kappa shape index (κ1) is 11.8. The third kappa shape index (κ3) is 2.88. The summed E-state index contributed by atoms with van der Waals surface area (Å²) in [4.78, 5) is 13.6. The number of carbonyl (C=O) groups is 1. The van der Waals surface area contributed by atoms with Gasteiger partial charge in [-0.3, -0.25) is 4.79 Å². The first-order valence-corrected chi connectivity index (χ1v) is 6.07. The molecule has 0 aliphatic heterocycles. The van der Waals surface area contributed by atoms with E-state index in [1.807, 2.05) is 4.90 Å². The predicted octanol–water partition coefficient (Wildman–Crippen LogP) is 2.79. The van der Waals surface area contributed by atoms with Gasteiger partial charge in [-0.15, -0.1) is 11.6 Å². The molecule has 0 spiro atoms. The van der Waals surface area contributed by atoms with Crippen molar-refractivity contribution in [2.45, 2.75) is 58.0 Å². The number of carbonyl (C=O) groups excluding carboxylic acids is 1. The minimum atomic E-state index is 0.0913. The second-order valence-corrected chi connectivity index (χ2v) is 4.59. The van der Waals surface area contributed by atoms with Crippen molar-refractivity contribution in [3.05, 3.63) is 0 Å². The predicted molar refractivity (Wildman–Crippen MR) is 59.6 cm³/mol. The third-order valence-corrected chi connectivity index (χ3v) is 3.16. The lowest BCUT2D eigenvalue weighted by Crippen LogP contribution is -2.46. The van der Waals surface area contributed by atoms with Crippen molar-refractivity contribution in [3.63, 3.8) is 0 Å². The van der Waals surface area contributed by atoms with E-state index in [2.05, 4.69) is 13.8 Å². The van der Waals surface area contributed by atoms with Gasteiger partial charge in [0, 0.05) is 12.1 Å². The molecule has 0 aromatic carbocycles. The maximum absolute atomic E-state index is 11.6. The van der Waals surface area contributed by atoms with Crippen LogP contribution in [0.4, 0.5) is 0 Å². The number of alkyl halides is 1. The van der Waals surface area contributed by atoms with Gasteiger partial charge in [-0.1, -0.05) is 19.3 Å². The van der Waals surface area contributed by atoms with Gasteiger partial charge in [0.1, 0.15) is 5.88 Å². The number of hydrogen-bond acceptors (Lipinski definition) is 1. The molecule has 0 heterocycles. The van der Waals surface area contributed by atoms with Crippen LogP contribution in [-0.2, 0) is 4.79 Å². The molecule has 0 N–H and O–H groups in total. The summed E-state index contributed by atoms with van der Waals surface area (Å²) in [5.41, 5.74) is 0. The van der Waals surface area contributed by atoms with Gasteiger partial charge >= 0.3 is 0 Å². The molecule has 82 valence electrons. The second kappa shape index (κ2) is 5.59. The Kier molecular flexibility index (Phi) is 4.73. The maximum atomic E-state index is 11.6. The standard InChI is InChI=1S/C11H20ClNO/c1-9(2)13(11(14)8-12)10-6-4-3-5-7-10/h9-10H,3-8H2,1-2H3. The van der Waals surface area contributed by atoms with Crippen LogP contribution in [0.25, 0.3) is 0 Å². The van der Waals surface area contributed by atoms with Crippen molar-refractivity contribution in [2.75, 3.05) is 5.88 Å². The minimum Gasteiger partial charge on any atom is -0.336 e. The van der Waals surface area contributed by atoms with Crippen LogP contribution in [0.3, 0.4) is 0 Å². The summed E-state index contributed by atoms with van der Waals surface area (Å²) in [6, 6.07) is 0.722. The molecule has 1 aliphatic rings. The fourth-order valence-corrected chi connectivity index (χ4v) is 2.48. The average molecular weight is 218 g/mol. The quantitative estimate of drug-likeness (QED) is 0.666. The zero-order valence-corrected chi connectivity index (χ0v) is 9.89. The van der Waals surface area contributed by atoms with Gasteiger partial charge in [0.15, 0.2) is 0 Å². The molecule has 14 heavy (non-hydrogen) atoms. The molecule has 0 atom stereocenters. The zero-order chi connectivity index (χ0) is 10.6. The van der Waals surface area contributed by atoms with Crippen molar-refractivity contribution in [1.29, 1.82) is 0 Å². The van der Waals surface area contributed by atoms with Gasteiger partial charge in [-0.25, -0.2) is 0 Å². The summed E-state index contributed by atoms with van der Waals surface area (Å²) in [5, 5.41) is 0. The fourth-order valence-electron chi connectivity index (χ4n) is 2.34. The molecule has 1 saturated carbocycles. The highest BCUT2D eigenvalue weighted by atomic mass is 35.5. The zero-order valence-electron chi connectivity index (χ0n) is 9.13. The molecule has 1 aliphatic carbocycles. The van der Waals surface area contributed by atoms with Crippen LogP contribution in [0.1, 0.15) is 46.0 Å². The van der Waals surface area contributed by atoms with E-state index in [9.17, 15) is 4.79 Å². The van der Waals surface area contributed by atoms with Crippen LogP contribution in [0, 0.1) is 0 Å². The second-order valence-electron chi connectivity index (χ2n) is 4.32. The number of nitrogens with zero attached hydrogens (tertiary/aromatic N) is 1. The number of halogens is 1. The smallest absolute Gasteiger partial charge is 0.237 e. The van der Waals surface area contributed by atoms with Crippen LogP contribution in [0.2, 0.25) is 0 Å². The lowest BCUT2D eigenvalue weighted by atomic mass is 9.93. The number of rotatable bonds is 3. The Morgan fingerprint density at radius 1 is 1.36 bits per heavy atom. The molecule has 3 heteroatoms. The van der Waals surface area contributed by atoms with Crippen LogP contribution < -0.4 is 0 Å². The van der Waals surface area contributed by atoms with Crippen molar-refractivity contribution in [3.8, 4) is 0 Å². The van der Waals surface area contributed by atoms with E-state index in [1.54, 1.807) is 0 Å². The first-order chi connectivity index (χ1) is 6.66. The molecule has 1 rings (SSSR count). The lowest BCUT2D eigenvalue weighted by molar-refractivity contribution is -0.133. The van der Waals surface area contributed by atoms with Gasteiger partial charge in [0.05, 0.1) is 0 Å². The molecular formula is C11H20ClNO. The molecule has 2 nitrogen and oxygen atoms in total. The summed E-state index contributed by atoms with van der Waals surface area (Å²) in [6.45, 7) is 4.14. The highest BCUT2D eigenvalue weighted by molar-refractivity contribution is 6.27. The van der Waals surface area contributed by atoms with E-state index in [0.717, 1.165) is 12.8 Å². The minimum absolute atomic E-state index is 0.0913. The average Bonchev–Trinajstić information content (AvgIpc) is 2.19. The highest BCUT2D eigenvalue weighted by Crippen LogP contribution is 2.24. The normalized spacial score (nSPS) is 18.6. The molecule has 0 aromatic rings. The van der Waals surface area contributed by atoms with Crippen molar-refractivity contribution in [1.82, 2.24) is 4.90 Å². The van der Waals surface area contributed by atoms with E-state index >= 15 is 0 Å². The first-order valence-electron chi connectivity index (χ1n) is 5.54. The van der Waals surface area contributed by atoms with E-state index in [4.69, 9.17) is 11.6 Å². The van der Waals surface area contributed by atoms with Gasteiger partial charge < -0.3 is 4.90 Å². The summed E-state index contributed by atoms with van der Waals surface area (Å²) < 4.78 is 0. The van der Waals surface area contributed by atoms with Crippen LogP contribution in [0.5, 0.6) is 0 Å². The Labute approximate surface area is 91.6 Å². The van der Waals surface area contributed by atoms with Gasteiger partial charge in [0.25, 0.3) is 0 Å². The van der Waals surface area contributed by atoms with E-state index < -0.39 is 0 Å². The van der Waals surface area contributed by atoms with Crippen LogP contribution >= 0.6 is 11.6 Å². The molecule has 0 saturated heterocycles. The fraction of sp³-hybridized carbons (Fsp3) is 0.909. The molecule has 1 fully saturated rings. The highest BCUT2D eigenvalue weighted by Gasteiger charge is 2.26. The molecule has 0 radical (unpaired) electrons. The van der Waals surface area contributed by atoms with E-state index in [0.29, 0.717) is 6.04 Å². The molecule has 0 aromatic heterocycles. The molecule has 1 amide bonds. The Morgan fingerprint density at radius 2 is 1.93 bits per heavy atom. The Hall–Kier alpha value is -0.240. The Bertz CT molecular complexity index is 188. The largest absolute Gasteiger partial charge is 0.336 e. The maximum Gasteiger partial charge on any atom is 0.237 e. The number of hydrogen-bond donors (Lipinski definition) is 0. The van der Waals surface area contributed by atoms with Crippen molar-refractivity contribution >= 4 is 17.5 Å². The third-order valence-electron chi connectivity index (χ3n) is 2.93. The summed E-state index contributed by atoms with van der Waals surface area (Å²) in [6.07, 6.45) is 6.13. The van der Waals surface area contributed by atoms with E-state index in [-0.39, 0.29) is 17.8 Å². The van der Waals surface area contributed by atoms with Crippen molar-refractivity contribution in [2.24, 2.45) is 0 Å². The SMILES string of the molecule is CC(C)N(C(=O)CCl)C1CCCCC1.